The third-order valence-corrected chi connectivity index (χ3v) is 3.89. The minimum absolute atomic E-state index is 0.0307. The lowest BCUT2D eigenvalue weighted by Crippen LogP contribution is -2.20. The zero-order valence-electron chi connectivity index (χ0n) is 13.4. The lowest BCUT2D eigenvalue weighted by molar-refractivity contribution is -0.117. The van der Waals surface area contributed by atoms with Gasteiger partial charge >= 0.3 is 0 Å². The first-order valence-corrected chi connectivity index (χ1v) is 8.05. The Morgan fingerprint density at radius 3 is 2.68 bits per heavy atom. The van der Waals surface area contributed by atoms with E-state index in [0.29, 0.717) is 5.69 Å². The van der Waals surface area contributed by atoms with Gasteiger partial charge in [0.2, 0.25) is 11.7 Å². The molecule has 1 amide bonds. The number of amides is 1. The van der Waals surface area contributed by atoms with Crippen LogP contribution in [-0.4, -0.2) is 26.1 Å². The smallest absolute Gasteiger partial charge is 0.248 e. The van der Waals surface area contributed by atoms with Gasteiger partial charge in [-0.2, -0.15) is 4.80 Å². The van der Waals surface area contributed by atoms with Crippen molar-refractivity contribution in [3.05, 3.63) is 58.9 Å². The van der Waals surface area contributed by atoms with Gasteiger partial charge in [-0.05, 0) is 41.5 Å². The van der Waals surface area contributed by atoms with E-state index in [9.17, 15) is 9.18 Å². The molecule has 3 aromatic rings. The molecule has 3 rings (SSSR count). The fourth-order valence-electron chi connectivity index (χ4n) is 2.27. The number of hydrogen-bond acceptors (Lipinski definition) is 4. The molecule has 0 atom stereocenters. The van der Waals surface area contributed by atoms with Crippen LogP contribution in [0.1, 0.15) is 12.5 Å². The third-order valence-electron chi connectivity index (χ3n) is 3.57. The van der Waals surface area contributed by atoms with Crippen molar-refractivity contribution in [2.24, 2.45) is 0 Å². The minimum atomic E-state index is -0.549. The van der Waals surface area contributed by atoms with E-state index in [4.69, 9.17) is 11.6 Å². The monoisotopic (exact) mass is 359 g/mol. The van der Waals surface area contributed by atoms with Crippen LogP contribution in [0, 0.1) is 5.82 Å². The Morgan fingerprint density at radius 2 is 2.00 bits per heavy atom. The van der Waals surface area contributed by atoms with Crippen molar-refractivity contribution in [3.63, 3.8) is 0 Å². The molecular weight excluding hydrogens is 345 g/mol. The lowest BCUT2D eigenvalue weighted by Gasteiger charge is -2.05. The summed E-state index contributed by atoms with van der Waals surface area (Å²) in [4.78, 5) is 13.2. The molecule has 0 aliphatic heterocycles. The van der Waals surface area contributed by atoms with E-state index in [-0.39, 0.29) is 28.9 Å². The van der Waals surface area contributed by atoms with Crippen molar-refractivity contribution in [2.75, 3.05) is 5.32 Å². The fourth-order valence-corrected chi connectivity index (χ4v) is 2.52. The zero-order chi connectivity index (χ0) is 17.8. The second-order valence-corrected chi connectivity index (χ2v) is 5.75. The summed E-state index contributed by atoms with van der Waals surface area (Å²) < 4.78 is 13.9. The number of hydrogen-bond donors (Lipinski definition) is 1. The second kappa shape index (κ2) is 7.40. The van der Waals surface area contributed by atoms with Crippen molar-refractivity contribution in [3.8, 4) is 11.4 Å². The number of anilines is 1. The fraction of sp³-hybridized carbons (Fsp3) is 0.176. The highest BCUT2D eigenvalue weighted by molar-refractivity contribution is 6.33. The maximum absolute atomic E-state index is 13.9. The van der Waals surface area contributed by atoms with Crippen LogP contribution in [0.2, 0.25) is 5.02 Å². The topological polar surface area (TPSA) is 72.7 Å². The van der Waals surface area contributed by atoms with E-state index >= 15 is 0 Å². The van der Waals surface area contributed by atoms with Gasteiger partial charge in [0.05, 0.1) is 10.6 Å². The summed E-state index contributed by atoms with van der Waals surface area (Å²) in [7, 11) is 0. The van der Waals surface area contributed by atoms with Gasteiger partial charge in [-0.15, -0.1) is 10.2 Å². The van der Waals surface area contributed by atoms with Gasteiger partial charge in [-0.1, -0.05) is 36.7 Å². The number of aromatic nitrogens is 4. The highest BCUT2D eigenvalue weighted by Gasteiger charge is 2.16. The lowest BCUT2D eigenvalue weighted by atomic mass is 10.1. The normalized spacial score (nSPS) is 10.7. The molecule has 0 radical (unpaired) electrons. The molecule has 0 spiro atoms. The molecule has 1 N–H and O–H groups in total. The third kappa shape index (κ3) is 4.00. The number of carbonyl (C=O) groups excluding carboxylic acids is 1. The van der Waals surface area contributed by atoms with Gasteiger partial charge in [0.15, 0.2) is 0 Å². The number of aryl methyl sites for hydroxylation is 1. The molecule has 2 aromatic carbocycles. The molecule has 0 aliphatic carbocycles. The number of rotatable bonds is 5. The Hall–Kier alpha value is -2.80. The first-order valence-electron chi connectivity index (χ1n) is 7.68. The number of benzene rings is 2. The average Bonchev–Trinajstić information content (AvgIpc) is 3.03. The zero-order valence-corrected chi connectivity index (χ0v) is 14.2. The van der Waals surface area contributed by atoms with E-state index in [1.807, 2.05) is 24.3 Å². The van der Waals surface area contributed by atoms with Gasteiger partial charge in [-0.25, -0.2) is 4.39 Å². The van der Waals surface area contributed by atoms with Crippen LogP contribution in [0.15, 0.2) is 42.5 Å². The molecule has 1 heterocycles. The molecule has 0 saturated carbocycles. The molecule has 0 bridgehead atoms. The number of halogens is 2. The van der Waals surface area contributed by atoms with Gasteiger partial charge in [0.1, 0.15) is 12.4 Å². The maximum atomic E-state index is 13.9. The minimum Gasteiger partial charge on any atom is -0.324 e. The second-order valence-electron chi connectivity index (χ2n) is 5.34. The van der Waals surface area contributed by atoms with Crippen molar-refractivity contribution in [2.45, 2.75) is 19.9 Å². The molecule has 0 unspecified atom stereocenters. The van der Waals surface area contributed by atoms with Crippen LogP contribution in [0.3, 0.4) is 0 Å². The Balaban J connectivity index is 1.69. The Morgan fingerprint density at radius 1 is 1.24 bits per heavy atom. The van der Waals surface area contributed by atoms with Crippen LogP contribution in [0.4, 0.5) is 10.1 Å². The molecule has 0 saturated heterocycles. The largest absolute Gasteiger partial charge is 0.324 e. The summed E-state index contributed by atoms with van der Waals surface area (Å²) in [6.45, 7) is 1.91. The van der Waals surface area contributed by atoms with Gasteiger partial charge in [0.25, 0.3) is 0 Å². The van der Waals surface area contributed by atoms with Crippen molar-refractivity contribution < 1.29 is 9.18 Å². The summed E-state index contributed by atoms with van der Waals surface area (Å²) in [5, 5.41) is 14.5. The standard InChI is InChI=1S/C17H15ClFN5O/c1-2-11-6-8-12(9-7-11)20-15(25)10-24-22-17(21-23-24)16-13(18)4-3-5-14(16)19/h3-9H,2,10H2,1H3,(H,20,25). The van der Waals surface area contributed by atoms with Crippen molar-refractivity contribution in [1.82, 2.24) is 20.2 Å². The Bertz CT molecular complexity index is 874. The molecule has 6 nitrogen and oxygen atoms in total. The summed E-state index contributed by atoms with van der Waals surface area (Å²) in [5.41, 5.74) is 1.92. The average molecular weight is 360 g/mol. The summed E-state index contributed by atoms with van der Waals surface area (Å²) in [6.07, 6.45) is 0.929. The number of carbonyl (C=O) groups is 1. The summed E-state index contributed by atoms with van der Waals surface area (Å²) in [5.74, 6) is -0.830. The number of nitrogens with zero attached hydrogens (tertiary/aromatic N) is 4. The van der Waals surface area contributed by atoms with Crippen LogP contribution in [-0.2, 0) is 17.8 Å². The maximum Gasteiger partial charge on any atom is 0.248 e. The van der Waals surface area contributed by atoms with Gasteiger partial charge in [-0.3, -0.25) is 4.79 Å². The molecule has 8 heteroatoms. The van der Waals surface area contributed by atoms with E-state index in [1.54, 1.807) is 0 Å². The van der Waals surface area contributed by atoms with E-state index in [1.165, 1.54) is 23.8 Å². The van der Waals surface area contributed by atoms with Crippen LogP contribution >= 0.6 is 11.6 Å². The quantitative estimate of drug-likeness (QED) is 0.758. The van der Waals surface area contributed by atoms with E-state index in [2.05, 4.69) is 27.7 Å². The molecular formula is C17H15ClFN5O. The Labute approximate surface area is 148 Å². The summed E-state index contributed by atoms with van der Waals surface area (Å²) >= 11 is 5.97. The van der Waals surface area contributed by atoms with Crippen molar-refractivity contribution >= 4 is 23.2 Å². The van der Waals surface area contributed by atoms with Gasteiger partial charge in [0, 0.05) is 5.69 Å². The first-order chi connectivity index (χ1) is 12.1. The van der Waals surface area contributed by atoms with E-state index in [0.717, 1.165) is 11.2 Å². The Kier molecular flexibility index (Phi) is 5.04. The van der Waals surface area contributed by atoms with Crippen LogP contribution in [0.5, 0.6) is 0 Å². The predicted molar refractivity (Wildman–Crippen MR) is 92.7 cm³/mol. The highest BCUT2D eigenvalue weighted by atomic mass is 35.5. The number of nitrogens with one attached hydrogen (secondary N) is 1. The van der Waals surface area contributed by atoms with Gasteiger partial charge < -0.3 is 5.32 Å². The first kappa shape index (κ1) is 17.0. The SMILES string of the molecule is CCc1ccc(NC(=O)Cn2nnc(-c3c(F)cccc3Cl)n2)cc1. The molecule has 128 valence electrons. The van der Waals surface area contributed by atoms with E-state index < -0.39 is 5.82 Å². The molecule has 1 aromatic heterocycles. The molecule has 0 fully saturated rings. The molecule has 0 aliphatic rings. The van der Waals surface area contributed by atoms with Crippen LogP contribution < -0.4 is 5.32 Å². The molecule has 25 heavy (non-hydrogen) atoms. The predicted octanol–water partition coefficient (Wildman–Crippen LogP) is 3.33. The summed E-state index contributed by atoms with van der Waals surface area (Å²) in [6, 6.07) is 11.8. The number of tetrazole rings is 1. The highest BCUT2D eigenvalue weighted by Crippen LogP contribution is 2.27. The van der Waals surface area contributed by atoms with Crippen molar-refractivity contribution in [1.29, 1.82) is 0 Å². The van der Waals surface area contributed by atoms with Crippen LogP contribution in [0.25, 0.3) is 11.4 Å².